The van der Waals surface area contributed by atoms with Crippen molar-refractivity contribution in [3.8, 4) is 5.88 Å². The van der Waals surface area contributed by atoms with Gasteiger partial charge in [-0.25, -0.2) is 4.79 Å². The van der Waals surface area contributed by atoms with Crippen LogP contribution in [0.4, 0.5) is 9.80 Å². The van der Waals surface area contributed by atoms with Crippen LogP contribution in [0.2, 0.25) is 0 Å². The van der Waals surface area contributed by atoms with Gasteiger partial charge in [-0.3, -0.25) is 10.1 Å². The molecule has 0 aliphatic carbocycles. The van der Waals surface area contributed by atoms with Crippen LogP contribution in [0.1, 0.15) is 30.6 Å². The molecule has 8 heteroatoms. The minimum atomic E-state index is -0.679. The minimum Gasteiger partial charge on any atom is -0.476 e. The van der Waals surface area contributed by atoms with Crippen LogP contribution in [0.3, 0.4) is 0 Å². The number of carbonyl (C=O) groups excluding carboxylic acids is 2. The SMILES string of the molecule is CCCOc1nsc(NC(=O)NCC)c1C(N)=O. The van der Waals surface area contributed by atoms with Crippen molar-refractivity contribution in [1.82, 2.24) is 9.69 Å². The van der Waals surface area contributed by atoms with Gasteiger partial charge in [0.2, 0.25) is 5.88 Å². The van der Waals surface area contributed by atoms with E-state index in [-0.39, 0.29) is 11.4 Å². The first kappa shape index (κ1) is 14.2. The molecule has 4 N–H and O–H groups in total. The van der Waals surface area contributed by atoms with Crippen molar-refractivity contribution in [3.05, 3.63) is 5.56 Å². The molecule has 0 aliphatic heterocycles. The highest BCUT2D eigenvalue weighted by Crippen LogP contribution is 2.30. The molecule has 1 aromatic rings. The summed E-state index contributed by atoms with van der Waals surface area (Å²) in [4.78, 5) is 22.7. The van der Waals surface area contributed by atoms with E-state index in [0.717, 1.165) is 18.0 Å². The van der Waals surface area contributed by atoms with Crippen LogP contribution < -0.4 is 21.1 Å². The van der Waals surface area contributed by atoms with Crippen LogP contribution in [0, 0.1) is 0 Å². The maximum atomic E-state index is 11.4. The number of hydrogen-bond donors (Lipinski definition) is 3. The van der Waals surface area contributed by atoms with Gasteiger partial charge in [0.15, 0.2) is 0 Å². The van der Waals surface area contributed by atoms with E-state index in [4.69, 9.17) is 10.5 Å². The monoisotopic (exact) mass is 272 g/mol. The Morgan fingerprint density at radius 2 is 2.17 bits per heavy atom. The summed E-state index contributed by atoms with van der Waals surface area (Å²) in [5, 5.41) is 5.35. The van der Waals surface area contributed by atoms with Crippen molar-refractivity contribution in [2.75, 3.05) is 18.5 Å². The zero-order chi connectivity index (χ0) is 13.5. The van der Waals surface area contributed by atoms with E-state index >= 15 is 0 Å². The van der Waals surface area contributed by atoms with Gasteiger partial charge in [-0.1, -0.05) is 6.92 Å². The molecule has 0 unspecified atom stereocenters. The molecule has 0 saturated carbocycles. The van der Waals surface area contributed by atoms with Crippen LogP contribution in [0.5, 0.6) is 5.88 Å². The highest BCUT2D eigenvalue weighted by Gasteiger charge is 2.21. The van der Waals surface area contributed by atoms with Crippen molar-refractivity contribution >= 4 is 28.5 Å². The zero-order valence-corrected chi connectivity index (χ0v) is 11.1. The van der Waals surface area contributed by atoms with Gasteiger partial charge in [0.05, 0.1) is 6.61 Å². The van der Waals surface area contributed by atoms with Crippen LogP contribution in [0.15, 0.2) is 0 Å². The lowest BCUT2D eigenvalue weighted by molar-refractivity contribution is 0.0997. The van der Waals surface area contributed by atoms with Crippen molar-refractivity contribution < 1.29 is 14.3 Å². The Morgan fingerprint density at radius 1 is 1.44 bits per heavy atom. The summed E-state index contributed by atoms with van der Waals surface area (Å²) in [7, 11) is 0. The first-order valence-electron chi connectivity index (χ1n) is 5.57. The normalized spacial score (nSPS) is 9.89. The molecular weight excluding hydrogens is 256 g/mol. The Balaban J connectivity index is 2.87. The average Bonchev–Trinajstić information content (AvgIpc) is 2.69. The molecule has 0 radical (unpaired) electrons. The Labute approximate surface area is 109 Å². The lowest BCUT2D eigenvalue weighted by atomic mass is 10.3. The number of hydrogen-bond acceptors (Lipinski definition) is 5. The van der Waals surface area contributed by atoms with Crippen LogP contribution in [-0.2, 0) is 0 Å². The number of aromatic nitrogens is 1. The van der Waals surface area contributed by atoms with E-state index in [9.17, 15) is 9.59 Å². The Bertz CT molecular complexity index is 433. The summed E-state index contributed by atoms with van der Waals surface area (Å²) in [6.07, 6.45) is 0.787. The zero-order valence-electron chi connectivity index (χ0n) is 10.3. The highest BCUT2D eigenvalue weighted by molar-refractivity contribution is 7.11. The lowest BCUT2D eigenvalue weighted by Gasteiger charge is -2.05. The Kier molecular flexibility index (Phi) is 5.37. The minimum absolute atomic E-state index is 0.111. The van der Waals surface area contributed by atoms with E-state index in [1.54, 1.807) is 6.92 Å². The van der Waals surface area contributed by atoms with Crippen molar-refractivity contribution in [1.29, 1.82) is 0 Å². The predicted octanol–water partition coefficient (Wildman–Crippen LogP) is 1.17. The first-order valence-corrected chi connectivity index (χ1v) is 6.34. The standard InChI is InChI=1S/C10H16N4O3S/c1-3-5-17-8-6(7(11)15)9(18-14-8)13-10(16)12-4-2/h3-5H2,1-2H3,(H2,11,15)(H2,12,13,16). The molecule has 18 heavy (non-hydrogen) atoms. The third-order valence-corrected chi connectivity index (χ3v) is 2.66. The van der Waals surface area contributed by atoms with E-state index in [1.807, 2.05) is 6.92 Å². The molecule has 0 fully saturated rings. The highest BCUT2D eigenvalue weighted by atomic mass is 32.1. The van der Waals surface area contributed by atoms with Gasteiger partial charge in [-0.15, -0.1) is 0 Å². The van der Waals surface area contributed by atoms with Gasteiger partial charge in [0.1, 0.15) is 10.6 Å². The second kappa shape index (κ2) is 6.80. The number of urea groups is 1. The van der Waals surface area contributed by atoms with Crippen LogP contribution in [-0.4, -0.2) is 29.5 Å². The summed E-state index contributed by atoms with van der Waals surface area (Å²) in [5.74, 6) is -0.511. The number of nitrogens with one attached hydrogen (secondary N) is 2. The van der Waals surface area contributed by atoms with E-state index in [2.05, 4.69) is 15.0 Å². The van der Waals surface area contributed by atoms with Crippen molar-refractivity contribution in [3.63, 3.8) is 0 Å². The van der Waals surface area contributed by atoms with Crippen LogP contribution in [0.25, 0.3) is 0 Å². The molecule has 0 saturated heterocycles. The molecule has 1 rings (SSSR count). The molecule has 0 bridgehead atoms. The van der Waals surface area contributed by atoms with E-state index in [1.165, 1.54) is 0 Å². The fourth-order valence-corrected chi connectivity index (χ4v) is 1.92. The maximum absolute atomic E-state index is 11.4. The third kappa shape index (κ3) is 3.59. The molecule has 0 spiro atoms. The number of rotatable bonds is 6. The first-order chi connectivity index (χ1) is 8.60. The number of ether oxygens (including phenoxy) is 1. The maximum Gasteiger partial charge on any atom is 0.319 e. The van der Waals surface area contributed by atoms with Crippen molar-refractivity contribution in [2.24, 2.45) is 5.73 Å². The molecule has 0 aliphatic rings. The molecular formula is C10H16N4O3S. The van der Waals surface area contributed by atoms with Crippen molar-refractivity contribution in [2.45, 2.75) is 20.3 Å². The van der Waals surface area contributed by atoms with Gasteiger partial charge in [0, 0.05) is 6.54 Å². The fraction of sp³-hybridized carbons (Fsp3) is 0.500. The van der Waals surface area contributed by atoms with E-state index in [0.29, 0.717) is 18.2 Å². The van der Waals surface area contributed by atoms with Gasteiger partial charge in [0.25, 0.3) is 5.91 Å². The molecule has 7 nitrogen and oxygen atoms in total. The quantitative estimate of drug-likeness (QED) is 0.722. The smallest absolute Gasteiger partial charge is 0.319 e. The second-order valence-electron chi connectivity index (χ2n) is 3.39. The summed E-state index contributed by atoms with van der Waals surface area (Å²) in [6, 6.07) is -0.411. The van der Waals surface area contributed by atoms with Gasteiger partial charge >= 0.3 is 6.03 Å². The Hall–Kier alpha value is -1.83. The lowest BCUT2D eigenvalue weighted by Crippen LogP contribution is -2.28. The summed E-state index contributed by atoms with van der Waals surface area (Å²) in [6.45, 7) is 4.64. The van der Waals surface area contributed by atoms with Gasteiger partial charge in [-0.2, -0.15) is 4.37 Å². The van der Waals surface area contributed by atoms with Gasteiger partial charge in [-0.05, 0) is 24.9 Å². The summed E-state index contributed by atoms with van der Waals surface area (Å²) in [5.41, 5.74) is 5.37. The number of carbonyl (C=O) groups is 2. The number of nitrogens with zero attached hydrogens (tertiary/aromatic N) is 1. The summed E-state index contributed by atoms with van der Waals surface area (Å²) < 4.78 is 9.26. The van der Waals surface area contributed by atoms with Gasteiger partial charge < -0.3 is 15.8 Å². The molecule has 1 aromatic heterocycles. The Morgan fingerprint density at radius 3 is 2.72 bits per heavy atom. The topological polar surface area (TPSA) is 106 Å². The van der Waals surface area contributed by atoms with E-state index < -0.39 is 11.9 Å². The molecule has 100 valence electrons. The number of anilines is 1. The molecule has 0 atom stereocenters. The molecule has 0 aromatic carbocycles. The average molecular weight is 272 g/mol. The number of primary amides is 1. The number of nitrogens with two attached hydrogens (primary N) is 1. The predicted molar refractivity (Wildman–Crippen MR) is 69.1 cm³/mol. The largest absolute Gasteiger partial charge is 0.476 e. The summed E-state index contributed by atoms with van der Waals surface area (Å²) >= 11 is 0.961. The molecule has 1 heterocycles. The fourth-order valence-electron chi connectivity index (χ4n) is 1.18. The third-order valence-electron chi connectivity index (χ3n) is 1.91. The van der Waals surface area contributed by atoms with Crippen LogP contribution >= 0.6 is 11.5 Å². The number of amides is 3. The molecule has 3 amide bonds. The second-order valence-corrected chi connectivity index (χ2v) is 4.16.